The minimum Gasteiger partial charge on any atom is -0.480 e. The van der Waals surface area contributed by atoms with Gasteiger partial charge in [0.05, 0.1) is 0 Å². The van der Waals surface area contributed by atoms with Crippen molar-refractivity contribution in [3.05, 3.63) is 0 Å². The lowest BCUT2D eigenvalue weighted by Crippen LogP contribution is -2.58. The number of carbonyl (C=O) groups excluding carboxylic acids is 1. The fourth-order valence-corrected chi connectivity index (χ4v) is 1.92. The third-order valence-electron chi connectivity index (χ3n) is 3.53. The van der Waals surface area contributed by atoms with Crippen molar-refractivity contribution in [1.82, 2.24) is 15.5 Å². The Labute approximate surface area is 101 Å². The van der Waals surface area contributed by atoms with Crippen molar-refractivity contribution in [2.24, 2.45) is 0 Å². The molecule has 0 spiro atoms. The first-order chi connectivity index (χ1) is 7.87. The summed E-state index contributed by atoms with van der Waals surface area (Å²) in [4.78, 5) is 24.1. The van der Waals surface area contributed by atoms with Gasteiger partial charge in [-0.1, -0.05) is 0 Å². The molecule has 0 aliphatic heterocycles. The van der Waals surface area contributed by atoms with Crippen molar-refractivity contribution in [2.45, 2.75) is 37.8 Å². The van der Waals surface area contributed by atoms with Crippen LogP contribution in [-0.4, -0.2) is 54.2 Å². The molecule has 98 valence electrons. The summed E-state index contributed by atoms with van der Waals surface area (Å²) in [5, 5.41) is 13.8. The zero-order valence-electron chi connectivity index (χ0n) is 10.6. The third-order valence-corrected chi connectivity index (χ3v) is 3.53. The topological polar surface area (TPSA) is 81.7 Å². The first-order valence-electron chi connectivity index (χ1n) is 5.82. The number of urea groups is 1. The lowest BCUT2D eigenvalue weighted by atomic mass is 9.75. The van der Waals surface area contributed by atoms with Gasteiger partial charge in [0.1, 0.15) is 6.04 Å². The van der Waals surface area contributed by atoms with Crippen molar-refractivity contribution >= 4 is 12.0 Å². The van der Waals surface area contributed by atoms with Gasteiger partial charge in [0.25, 0.3) is 0 Å². The maximum atomic E-state index is 11.5. The predicted octanol–water partition coefficient (Wildman–Crippen LogP) is 0.243. The van der Waals surface area contributed by atoms with E-state index in [2.05, 4.69) is 15.5 Å². The number of likely N-dealkylation sites (N-methyl/N-ethyl adjacent to an activating group) is 1. The molecule has 1 aliphatic carbocycles. The van der Waals surface area contributed by atoms with Crippen LogP contribution in [0.25, 0.3) is 0 Å². The Hall–Kier alpha value is -1.30. The van der Waals surface area contributed by atoms with Gasteiger partial charge in [0, 0.05) is 12.1 Å². The minimum atomic E-state index is -1.04. The summed E-state index contributed by atoms with van der Waals surface area (Å²) >= 11 is 0. The Kier molecular flexibility index (Phi) is 4.34. The van der Waals surface area contributed by atoms with E-state index >= 15 is 0 Å². The number of carbonyl (C=O) groups is 2. The highest BCUT2D eigenvalue weighted by atomic mass is 16.4. The first kappa shape index (κ1) is 13.8. The smallest absolute Gasteiger partial charge is 0.325 e. The molecule has 0 heterocycles. The summed E-state index contributed by atoms with van der Waals surface area (Å²) in [5.74, 6) is -1.04. The van der Waals surface area contributed by atoms with Crippen LogP contribution in [0.2, 0.25) is 0 Å². The van der Waals surface area contributed by atoms with Crippen LogP contribution in [0, 0.1) is 0 Å². The van der Waals surface area contributed by atoms with Gasteiger partial charge in [0.2, 0.25) is 0 Å². The Bertz CT molecular complexity index is 300. The van der Waals surface area contributed by atoms with Gasteiger partial charge in [-0.25, -0.2) is 4.79 Å². The lowest BCUT2D eigenvalue weighted by Gasteiger charge is -2.47. The summed E-state index contributed by atoms with van der Waals surface area (Å²) in [6.45, 7) is 1.99. The van der Waals surface area contributed by atoms with E-state index in [0.717, 1.165) is 12.8 Å². The quantitative estimate of drug-likeness (QED) is 0.646. The number of rotatable bonds is 5. The predicted molar refractivity (Wildman–Crippen MR) is 63.9 cm³/mol. The van der Waals surface area contributed by atoms with Crippen LogP contribution in [-0.2, 0) is 4.79 Å². The van der Waals surface area contributed by atoms with Gasteiger partial charge in [-0.2, -0.15) is 0 Å². The zero-order chi connectivity index (χ0) is 13.1. The Morgan fingerprint density at radius 1 is 1.41 bits per heavy atom. The SMILES string of the molecule is C[C@H](NC(=O)NCC1(N(C)C)CCC1)C(=O)O. The van der Waals surface area contributed by atoms with E-state index in [9.17, 15) is 9.59 Å². The lowest BCUT2D eigenvalue weighted by molar-refractivity contribution is -0.138. The van der Waals surface area contributed by atoms with E-state index in [4.69, 9.17) is 5.11 Å². The standard InChI is InChI=1S/C11H21N3O3/c1-8(9(15)16)13-10(17)12-7-11(14(2)3)5-4-6-11/h8H,4-7H2,1-3H3,(H,15,16)(H2,12,13,17)/t8-/m0/s1. The van der Waals surface area contributed by atoms with E-state index in [1.54, 1.807) is 0 Å². The molecule has 2 amide bonds. The maximum absolute atomic E-state index is 11.5. The molecule has 1 rings (SSSR count). The number of aliphatic carboxylic acids is 1. The van der Waals surface area contributed by atoms with Crippen LogP contribution in [0.5, 0.6) is 0 Å². The molecule has 0 aromatic carbocycles. The van der Waals surface area contributed by atoms with Crippen molar-refractivity contribution in [3.8, 4) is 0 Å². The second kappa shape index (κ2) is 5.35. The molecule has 0 aromatic heterocycles. The van der Waals surface area contributed by atoms with Gasteiger partial charge >= 0.3 is 12.0 Å². The third kappa shape index (κ3) is 3.33. The van der Waals surface area contributed by atoms with Gasteiger partial charge in [0.15, 0.2) is 0 Å². The van der Waals surface area contributed by atoms with Gasteiger partial charge < -0.3 is 20.6 Å². The van der Waals surface area contributed by atoms with E-state index < -0.39 is 18.0 Å². The van der Waals surface area contributed by atoms with E-state index in [-0.39, 0.29) is 5.54 Å². The molecule has 0 unspecified atom stereocenters. The first-order valence-corrected chi connectivity index (χ1v) is 5.82. The summed E-state index contributed by atoms with van der Waals surface area (Å²) in [5.41, 5.74) is 0.0454. The normalized spacial score (nSPS) is 19.3. The molecule has 0 saturated heterocycles. The molecule has 0 aromatic rings. The summed E-state index contributed by atoms with van der Waals surface area (Å²) < 4.78 is 0. The van der Waals surface area contributed by atoms with Crippen LogP contribution < -0.4 is 10.6 Å². The molecule has 1 saturated carbocycles. The van der Waals surface area contributed by atoms with Crippen molar-refractivity contribution < 1.29 is 14.7 Å². The fourth-order valence-electron chi connectivity index (χ4n) is 1.92. The van der Waals surface area contributed by atoms with E-state index in [1.165, 1.54) is 13.3 Å². The number of hydrogen-bond donors (Lipinski definition) is 3. The maximum Gasteiger partial charge on any atom is 0.325 e. The molecular weight excluding hydrogens is 222 g/mol. The largest absolute Gasteiger partial charge is 0.480 e. The molecule has 1 atom stereocenters. The van der Waals surface area contributed by atoms with Gasteiger partial charge in [-0.05, 0) is 40.3 Å². The number of amides is 2. The Morgan fingerprint density at radius 3 is 2.35 bits per heavy atom. The van der Waals surface area contributed by atoms with Crippen LogP contribution in [0.1, 0.15) is 26.2 Å². The van der Waals surface area contributed by atoms with Crippen LogP contribution in [0.4, 0.5) is 4.79 Å². The Morgan fingerprint density at radius 2 is 2.00 bits per heavy atom. The summed E-state index contributed by atoms with van der Waals surface area (Å²) in [7, 11) is 4.00. The molecule has 0 radical (unpaired) electrons. The molecule has 17 heavy (non-hydrogen) atoms. The van der Waals surface area contributed by atoms with Crippen LogP contribution >= 0.6 is 0 Å². The highest BCUT2D eigenvalue weighted by Crippen LogP contribution is 2.35. The van der Waals surface area contributed by atoms with Crippen LogP contribution in [0.15, 0.2) is 0 Å². The monoisotopic (exact) mass is 243 g/mol. The van der Waals surface area contributed by atoms with Crippen molar-refractivity contribution in [2.75, 3.05) is 20.6 Å². The Balaban J connectivity index is 2.35. The van der Waals surface area contributed by atoms with E-state index in [0.29, 0.717) is 6.54 Å². The molecule has 0 bridgehead atoms. The van der Waals surface area contributed by atoms with Crippen molar-refractivity contribution in [3.63, 3.8) is 0 Å². The van der Waals surface area contributed by atoms with Crippen LogP contribution in [0.3, 0.4) is 0 Å². The second-order valence-corrected chi connectivity index (χ2v) is 4.86. The average molecular weight is 243 g/mol. The molecule has 3 N–H and O–H groups in total. The van der Waals surface area contributed by atoms with Crippen molar-refractivity contribution in [1.29, 1.82) is 0 Å². The number of nitrogens with zero attached hydrogens (tertiary/aromatic N) is 1. The molecular formula is C11H21N3O3. The molecule has 6 heteroatoms. The number of hydrogen-bond acceptors (Lipinski definition) is 3. The number of carboxylic acid groups (broad SMARTS) is 1. The van der Waals surface area contributed by atoms with Gasteiger partial charge in [-0.3, -0.25) is 4.79 Å². The highest BCUT2D eigenvalue weighted by molar-refractivity contribution is 5.82. The average Bonchev–Trinajstić information content (AvgIpc) is 2.14. The number of nitrogens with one attached hydrogen (secondary N) is 2. The zero-order valence-corrected chi connectivity index (χ0v) is 10.6. The molecule has 1 fully saturated rings. The number of carboxylic acids is 1. The minimum absolute atomic E-state index is 0.0454. The molecule has 6 nitrogen and oxygen atoms in total. The summed E-state index contributed by atoms with van der Waals surface area (Å²) in [6, 6.07) is -1.29. The summed E-state index contributed by atoms with van der Waals surface area (Å²) in [6.07, 6.45) is 3.30. The fraction of sp³-hybridized carbons (Fsp3) is 0.818. The highest BCUT2D eigenvalue weighted by Gasteiger charge is 2.39. The van der Waals surface area contributed by atoms with E-state index in [1.807, 2.05) is 14.1 Å². The van der Waals surface area contributed by atoms with Gasteiger partial charge in [-0.15, -0.1) is 0 Å². The second-order valence-electron chi connectivity index (χ2n) is 4.86. The molecule has 1 aliphatic rings.